The van der Waals surface area contributed by atoms with Gasteiger partial charge in [0.15, 0.2) is 0 Å². The van der Waals surface area contributed by atoms with Crippen molar-refractivity contribution in [1.29, 1.82) is 0 Å². The van der Waals surface area contributed by atoms with Crippen molar-refractivity contribution in [2.75, 3.05) is 18.1 Å². The number of nitrogens with one attached hydrogen (secondary N) is 3. The highest BCUT2D eigenvalue weighted by Crippen LogP contribution is 2.20. The molecule has 0 saturated carbocycles. The molecule has 0 fully saturated rings. The standard InChI is InChI=1S/C12H15N5O/c1-14-12(18)8-2-3-10(13)11(4-8)16-6-9-5-15-7-17-9/h2-5,7,16H,6,13H2,1H3,(H,14,18)(H,15,17). The fraction of sp³-hybridized carbons (Fsp3) is 0.167. The summed E-state index contributed by atoms with van der Waals surface area (Å²) < 4.78 is 0. The van der Waals surface area contributed by atoms with E-state index in [1.165, 1.54) is 0 Å². The number of benzene rings is 1. The minimum atomic E-state index is -0.139. The second kappa shape index (κ2) is 5.22. The molecule has 1 aromatic heterocycles. The number of aromatic amines is 1. The zero-order chi connectivity index (χ0) is 13.0. The molecule has 0 radical (unpaired) electrons. The van der Waals surface area contributed by atoms with Gasteiger partial charge >= 0.3 is 0 Å². The Morgan fingerprint density at radius 2 is 2.33 bits per heavy atom. The molecule has 1 heterocycles. The lowest BCUT2D eigenvalue weighted by Crippen LogP contribution is -2.18. The van der Waals surface area contributed by atoms with E-state index in [9.17, 15) is 4.79 Å². The lowest BCUT2D eigenvalue weighted by atomic mass is 10.1. The molecule has 18 heavy (non-hydrogen) atoms. The highest BCUT2D eigenvalue weighted by molar-refractivity contribution is 5.96. The predicted molar refractivity (Wildman–Crippen MR) is 70.2 cm³/mol. The van der Waals surface area contributed by atoms with E-state index < -0.39 is 0 Å². The van der Waals surface area contributed by atoms with E-state index in [0.29, 0.717) is 17.8 Å². The van der Waals surface area contributed by atoms with Crippen molar-refractivity contribution in [3.63, 3.8) is 0 Å². The van der Waals surface area contributed by atoms with Gasteiger partial charge in [0.05, 0.1) is 29.9 Å². The second-order valence-corrected chi connectivity index (χ2v) is 3.81. The van der Waals surface area contributed by atoms with Crippen LogP contribution in [0.5, 0.6) is 0 Å². The Morgan fingerprint density at radius 3 is 3.00 bits per heavy atom. The summed E-state index contributed by atoms with van der Waals surface area (Å²) in [6, 6.07) is 5.12. The van der Waals surface area contributed by atoms with E-state index in [-0.39, 0.29) is 5.91 Å². The fourth-order valence-electron chi connectivity index (χ4n) is 1.57. The van der Waals surface area contributed by atoms with Crippen LogP contribution in [0.4, 0.5) is 11.4 Å². The molecule has 1 amide bonds. The maximum Gasteiger partial charge on any atom is 0.251 e. The minimum absolute atomic E-state index is 0.139. The fourth-order valence-corrected chi connectivity index (χ4v) is 1.57. The van der Waals surface area contributed by atoms with E-state index >= 15 is 0 Å². The third kappa shape index (κ3) is 2.60. The van der Waals surface area contributed by atoms with Gasteiger partial charge in [-0.2, -0.15) is 0 Å². The first kappa shape index (κ1) is 12.0. The summed E-state index contributed by atoms with van der Waals surface area (Å²) in [4.78, 5) is 18.4. The summed E-state index contributed by atoms with van der Waals surface area (Å²) in [6.45, 7) is 0.571. The average molecular weight is 245 g/mol. The highest BCUT2D eigenvalue weighted by Gasteiger charge is 2.06. The van der Waals surface area contributed by atoms with E-state index in [0.717, 1.165) is 11.4 Å². The maximum absolute atomic E-state index is 11.5. The summed E-state index contributed by atoms with van der Waals surface area (Å²) in [5.74, 6) is -0.139. The molecule has 0 aliphatic rings. The van der Waals surface area contributed by atoms with Crippen molar-refractivity contribution in [1.82, 2.24) is 15.3 Å². The minimum Gasteiger partial charge on any atom is -0.397 e. The number of rotatable bonds is 4. The van der Waals surface area contributed by atoms with Gasteiger partial charge in [0.25, 0.3) is 5.91 Å². The van der Waals surface area contributed by atoms with Crippen molar-refractivity contribution in [3.8, 4) is 0 Å². The molecular formula is C12H15N5O. The van der Waals surface area contributed by atoms with Gasteiger partial charge in [-0.15, -0.1) is 0 Å². The molecule has 6 heteroatoms. The summed E-state index contributed by atoms with van der Waals surface area (Å²) in [5, 5.41) is 5.73. The highest BCUT2D eigenvalue weighted by atomic mass is 16.1. The van der Waals surface area contributed by atoms with Crippen molar-refractivity contribution in [2.24, 2.45) is 0 Å². The molecule has 5 N–H and O–H groups in total. The molecule has 1 aromatic carbocycles. The summed E-state index contributed by atoms with van der Waals surface area (Å²) in [5.41, 5.74) is 8.69. The number of carbonyl (C=O) groups excluding carboxylic acids is 1. The Hall–Kier alpha value is -2.50. The third-order valence-corrected chi connectivity index (χ3v) is 2.57. The monoisotopic (exact) mass is 245 g/mol. The van der Waals surface area contributed by atoms with Crippen LogP contribution in [-0.4, -0.2) is 22.9 Å². The molecule has 0 saturated heterocycles. The quantitative estimate of drug-likeness (QED) is 0.603. The number of nitrogens with two attached hydrogens (primary N) is 1. The maximum atomic E-state index is 11.5. The SMILES string of the molecule is CNC(=O)c1ccc(N)c(NCc2cnc[nH]2)c1. The average Bonchev–Trinajstić information content (AvgIpc) is 2.90. The van der Waals surface area contributed by atoms with Crippen molar-refractivity contribution >= 4 is 17.3 Å². The number of carbonyl (C=O) groups is 1. The van der Waals surface area contributed by atoms with Gasteiger partial charge in [-0.05, 0) is 18.2 Å². The molecule has 0 aliphatic carbocycles. The number of imidazole rings is 1. The van der Waals surface area contributed by atoms with Crippen LogP contribution in [0.25, 0.3) is 0 Å². The smallest absolute Gasteiger partial charge is 0.251 e. The molecule has 0 bridgehead atoms. The second-order valence-electron chi connectivity index (χ2n) is 3.81. The first-order chi connectivity index (χ1) is 8.70. The number of anilines is 2. The molecule has 0 unspecified atom stereocenters. The van der Waals surface area contributed by atoms with E-state index in [1.54, 1.807) is 37.8 Å². The number of nitrogen functional groups attached to an aromatic ring is 1. The first-order valence-electron chi connectivity index (χ1n) is 5.53. The van der Waals surface area contributed by atoms with E-state index in [2.05, 4.69) is 20.6 Å². The Labute approximate surface area is 105 Å². The molecular weight excluding hydrogens is 230 g/mol. The van der Waals surface area contributed by atoms with Crippen LogP contribution in [0.1, 0.15) is 16.1 Å². The van der Waals surface area contributed by atoms with Crippen LogP contribution in [0.15, 0.2) is 30.7 Å². The zero-order valence-corrected chi connectivity index (χ0v) is 10.0. The normalized spacial score (nSPS) is 10.1. The predicted octanol–water partition coefficient (Wildman–Crippen LogP) is 0.964. The Bertz CT molecular complexity index is 535. The van der Waals surface area contributed by atoms with E-state index in [4.69, 9.17) is 5.73 Å². The van der Waals surface area contributed by atoms with Gasteiger partial charge in [0.1, 0.15) is 0 Å². The van der Waals surface area contributed by atoms with Crippen LogP contribution in [0.3, 0.4) is 0 Å². The van der Waals surface area contributed by atoms with Crippen molar-refractivity contribution in [3.05, 3.63) is 42.0 Å². The van der Waals surface area contributed by atoms with Gasteiger partial charge in [0, 0.05) is 18.8 Å². The van der Waals surface area contributed by atoms with Crippen molar-refractivity contribution < 1.29 is 4.79 Å². The first-order valence-corrected chi connectivity index (χ1v) is 5.53. The lowest BCUT2D eigenvalue weighted by molar-refractivity contribution is 0.0963. The molecule has 2 rings (SSSR count). The molecule has 0 aliphatic heterocycles. The summed E-state index contributed by atoms with van der Waals surface area (Å²) in [6.07, 6.45) is 3.34. The van der Waals surface area contributed by atoms with Crippen LogP contribution in [0.2, 0.25) is 0 Å². The van der Waals surface area contributed by atoms with Gasteiger partial charge in [-0.3, -0.25) is 4.79 Å². The number of hydrogen-bond acceptors (Lipinski definition) is 4. The Kier molecular flexibility index (Phi) is 3.47. The van der Waals surface area contributed by atoms with Crippen LogP contribution in [0, 0.1) is 0 Å². The number of amides is 1. The van der Waals surface area contributed by atoms with Gasteiger partial charge in [-0.1, -0.05) is 0 Å². The number of aromatic nitrogens is 2. The number of H-pyrrole nitrogens is 1. The molecule has 2 aromatic rings. The molecule has 0 spiro atoms. The van der Waals surface area contributed by atoms with Gasteiger partial charge in [-0.25, -0.2) is 4.98 Å². The number of hydrogen-bond donors (Lipinski definition) is 4. The topological polar surface area (TPSA) is 95.8 Å². The molecule has 0 atom stereocenters. The Balaban J connectivity index is 2.13. The largest absolute Gasteiger partial charge is 0.397 e. The number of nitrogens with zero attached hydrogens (tertiary/aromatic N) is 1. The van der Waals surface area contributed by atoms with Crippen LogP contribution < -0.4 is 16.4 Å². The zero-order valence-electron chi connectivity index (χ0n) is 10.0. The van der Waals surface area contributed by atoms with Gasteiger partial charge in [0.2, 0.25) is 0 Å². The Morgan fingerprint density at radius 1 is 1.50 bits per heavy atom. The molecule has 6 nitrogen and oxygen atoms in total. The van der Waals surface area contributed by atoms with E-state index in [1.807, 2.05) is 0 Å². The summed E-state index contributed by atoms with van der Waals surface area (Å²) in [7, 11) is 1.59. The van der Waals surface area contributed by atoms with Crippen LogP contribution in [-0.2, 0) is 6.54 Å². The lowest BCUT2D eigenvalue weighted by Gasteiger charge is -2.10. The summed E-state index contributed by atoms with van der Waals surface area (Å²) >= 11 is 0. The molecule has 94 valence electrons. The third-order valence-electron chi connectivity index (χ3n) is 2.57. The van der Waals surface area contributed by atoms with Gasteiger partial charge < -0.3 is 21.4 Å². The van der Waals surface area contributed by atoms with Crippen molar-refractivity contribution in [2.45, 2.75) is 6.54 Å². The van der Waals surface area contributed by atoms with Crippen LogP contribution >= 0.6 is 0 Å².